The standard InChI is InChI=1S/C12H19NO3/c1-12(13,8-14-2)11-9(15-3)6-5-7-10(11)16-4/h5-7H,8,13H2,1-4H3. The normalized spacial score (nSPS) is 14.3. The van der Waals surface area contributed by atoms with Crippen molar-refractivity contribution in [1.82, 2.24) is 0 Å². The number of nitrogens with two attached hydrogens (primary N) is 1. The quantitative estimate of drug-likeness (QED) is 0.825. The van der Waals surface area contributed by atoms with E-state index in [0.717, 1.165) is 5.56 Å². The summed E-state index contributed by atoms with van der Waals surface area (Å²) in [6, 6.07) is 5.58. The molecule has 16 heavy (non-hydrogen) atoms. The Balaban J connectivity index is 3.27. The summed E-state index contributed by atoms with van der Waals surface area (Å²) in [6.45, 7) is 2.28. The van der Waals surface area contributed by atoms with Gasteiger partial charge in [-0.15, -0.1) is 0 Å². The maximum absolute atomic E-state index is 6.22. The Labute approximate surface area is 96.3 Å². The Morgan fingerprint density at radius 1 is 1.12 bits per heavy atom. The predicted octanol–water partition coefficient (Wildman–Crippen LogP) is 1.52. The Morgan fingerprint density at radius 2 is 1.62 bits per heavy atom. The molecular formula is C12H19NO3. The summed E-state index contributed by atoms with van der Waals surface area (Å²) in [4.78, 5) is 0. The van der Waals surface area contributed by atoms with Crippen LogP contribution in [0.4, 0.5) is 0 Å². The smallest absolute Gasteiger partial charge is 0.127 e. The lowest BCUT2D eigenvalue weighted by molar-refractivity contribution is 0.137. The third-order valence-corrected chi connectivity index (χ3v) is 2.44. The lowest BCUT2D eigenvalue weighted by atomic mass is 9.92. The van der Waals surface area contributed by atoms with Crippen LogP contribution in [0.15, 0.2) is 18.2 Å². The molecule has 0 fully saturated rings. The predicted molar refractivity (Wildman–Crippen MR) is 63.0 cm³/mol. The van der Waals surface area contributed by atoms with Crippen molar-refractivity contribution in [3.63, 3.8) is 0 Å². The maximum atomic E-state index is 6.22. The van der Waals surface area contributed by atoms with E-state index >= 15 is 0 Å². The first-order chi connectivity index (χ1) is 7.56. The molecule has 0 aliphatic heterocycles. The monoisotopic (exact) mass is 225 g/mol. The second-order valence-corrected chi connectivity index (χ2v) is 3.89. The molecule has 0 aliphatic carbocycles. The van der Waals surface area contributed by atoms with E-state index < -0.39 is 5.54 Å². The highest BCUT2D eigenvalue weighted by Gasteiger charge is 2.28. The molecular weight excluding hydrogens is 206 g/mol. The van der Waals surface area contributed by atoms with E-state index in [1.807, 2.05) is 25.1 Å². The fourth-order valence-electron chi connectivity index (χ4n) is 1.79. The number of rotatable bonds is 5. The number of hydrogen-bond donors (Lipinski definition) is 1. The fourth-order valence-corrected chi connectivity index (χ4v) is 1.79. The first-order valence-corrected chi connectivity index (χ1v) is 5.06. The van der Waals surface area contributed by atoms with E-state index in [1.54, 1.807) is 21.3 Å². The van der Waals surface area contributed by atoms with Gasteiger partial charge in [0.05, 0.1) is 31.9 Å². The Morgan fingerprint density at radius 3 is 2.00 bits per heavy atom. The lowest BCUT2D eigenvalue weighted by Gasteiger charge is -2.27. The Kier molecular flexibility index (Phi) is 4.15. The molecule has 1 aromatic rings. The van der Waals surface area contributed by atoms with Crippen molar-refractivity contribution < 1.29 is 14.2 Å². The van der Waals surface area contributed by atoms with Crippen LogP contribution in [0.1, 0.15) is 12.5 Å². The Bertz CT molecular complexity index is 328. The van der Waals surface area contributed by atoms with Crippen molar-refractivity contribution in [2.45, 2.75) is 12.5 Å². The van der Waals surface area contributed by atoms with Gasteiger partial charge in [0, 0.05) is 7.11 Å². The van der Waals surface area contributed by atoms with Crippen LogP contribution in [0.2, 0.25) is 0 Å². The van der Waals surface area contributed by atoms with Crippen LogP contribution in [-0.2, 0) is 10.3 Å². The van der Waals surface area contributed by atoms with Crippen molar-refractivity contribution in [2.24, 2.45) is 5.73 Å². The molecule has 2 N–H and O–H groups in total. The van der Waals surface area contributed by atoms with E-state index in [-0.39, 0.29) is 0 Å². The number of benzene rings is 1. The molecule has 0 aliphatic rings. The summed E-state index contributed by atoms with van der Waals surface area (Å²) in [7, 11) is 4.84. The lowest BCUT2D eigenvalue weighted by Crippen LogP contribution is -2.38. The van der Waals surface area contributed by atoms with Gasteiger partial charge in [-0.25, -0.2) is 0 Å². The zero-order valence-electron chi connectivity index (χ0n) is 10.2. The van der Waals surface area contributed by atoms with Gasteiger partial charge < -0.3 is 19.9 Å². The first-order valence-electron chi connectivity index (χ1n) is 5.06. The van der Waals surface area contributed by atoms with E-state index in [4.69, 9.17) is 19.9 Å². The third kappa shape index (κ3) is 2.46. The average molecular weight is 225 g/mol. The summed E-state index contributed by atoms with van der Waals surface area (Å²) in [5.74, 6) is 1.42. The second-order valence-electron chi connectivity index (χ2n) is 3.89. The van der Waals surface area contributed by atoms with Crippen LogP contribution >= 0.6 is 0 Å². The summed E-state index contributed by atoms with van der Waals surface area (Å²) < 4.78 is 15.7. The van der Waals surface area contributed by atoms with Crippen molar-refractivity contribution in [3.05, 3.63) is 23.8 Å². The fraction of sp³-hybridized carbons (Fsp3) is 0.500. The molecule has 0 bridgehead atoms. The van der Waals surface area contributed by atoms with E-state index in [2.05, 4.69) is 0 Å². The highest BCUT2D eigenvalue weighted by Crippen LogP contribution is 2.36. The first kappa shape index (κ1) is 12.8. The maximum Gasteiger partial charge on any atom is 0.127 e. The number of methoxy groups -OCH3 is 3. The average Bonchev–Trinajstić information content (AvgIpc) is 2.27. The van der Waals surface area contributed by atoms with Crippen LogP contribution in [0.5, 0.6) is 11.5 Å². The Hall–Kier alpha value is -1.26. The van der Waals surface area contributed by atoms with Crippen molar-refractivity contribution in [3.8, 4) is 11.5 Å². The molecule has 1 atom stereocenters. The van der Waals surface area contributed by atoms with Crippen LogP contribution in [-0.4, -0.2) is 27.9 Å². The topological polar surface area (TPSA) is 53.7 Å². The largest absolute Gasteiger partial charge is 0.496 e. The molecule has 4 nitrogen and oxygen atoms in total. The molecule has 0 heterocycles. The van der Waals surface area contributed by atoms with E-state index in [0.29, 0.717) is 18.1 Å². The zero-order valence-corrected chi connectivity index (χ0v) is 10.2. The molecule has 1 unspecified atom stereocenters. The molecule has 90 valence electrons. The van der Waals surface area contributed by atoms with Crippen LogP contribution < -0.4 is 15.2 Å². The summed E-state index contributed by atoms with van der Waals surface area (Å²) in [6.07, 6.45) is 0. The van der Waals surface area contributed by atoms with Gasteiger partial charge in [-0.2, -0.15) is 0 Å². The zero-order chi connectivity index (χ0) is 12.2. The second kappa shape index (κ2) is 5.18. The van der Waals surface area contributed by atoms with Gasteiger partial charge in [0.1, 0.15) is 11.5 Å². The van der Waals surface area contributed by atoms with Crippen molar-refractivity contribution >= 4 is 0 Å². The summed E-state index contributed by atoms with van der Waals surface area (Å²) >= 11 is 0. The molecule has 0 spiro atoms. The van der Waals surface area contributed by atoms with Gasteiger partial charge in [-0.3, -0.25) is 0 Å². The van der Waals surface area contributed by atoms with Gasteiger partial charge in [0.25, 0.3) is 0 Å². The van der Waals surface area contributed by atoms with Crippen LogP contribution in [0.25, 0.3) is 0 Å². The molecule has 1 aromatic carbocycles. The van der Waals surface area contributed by atoms with Gasteiger partial charge in [0.2, 0.25) is 0 Å². The van der Waals surface area contributed by atoms with Crippen molar-refractivity contribution in [1.29, 1.82) is 0 Å². The molecule has 0 saturated carbocycles. The van der Waals surface area contributed by atoms with Crippen LogP contribution in [0, 0.1) is 0 Å². The molecule has 0 saturated heterocycles. The number of ether oxygens (including phenoxy) is 3. The SMILES string of the molecule is COCC(C)(N)c1c(OC)cccc1OC. The molecule has 0 radical (unpaired) electrons. The van der Waals surface area contributed by atoms with Gasteiger partial charge in [-0.1, -0.05) is 6.07 Å². The van der Waals surface area contributed by atoms with E-state index in [1.165, 1.54) is 0 Å². The summed E-state index contributed by atoms with van der Waals surface area (Å²) in [5.41, 5.74) is 6.39. The van der Waals surface area contributed by atoms with Gasteiger partial charge in [0.15, 0.2) is 0 Å². The minimum absolute atomic E-state index is 0.393. The molecule has 0 amide bonds. The van der Waals surface area contributed by atoms with Crippen LogP contribution in [0.3, 0.4) is 0 Å². The molecule has 4 heteroatoms. The van der Waals surface area contributed by atoms with E-state index in [9.17, 15) is 0 Å². The third-order valence-electron chi connectivity index (χ3n) is 2.44. The van der Waals surface area contributed by atoms with Gasteiger partial charge >= 0.3 is 0 Å². The van der Waals surface area contributed by atoms with Crippen molar-refractivity contribution in [2.75, 3.05) is 27.9 Å². The van der Waals surface area contributed by atoms with Gasteiger partial charge in [-0.05, 0) is 19.1 Å². The highest BCUT2D eigenvalue weighted by atomic mass is 16.5. The minimum Gasteiger partial charge on any atom is -0.496 e. The molecule has 0 aromatic heterocycles. The molecule has 1 rings (SSSR count). The minimum atomic E-state index is -0.646. The number of hydrogen-bond acceptors (Lipinski definition) is 4. The highest BCUT2D eigenvalue weighted by molar-refractivity contribution is 5.49. The summed E-state index contributed by atoms with van der Waals surface area (Å²) in [5, 5.41) is 0.